The Labute approximate surface area is 79.7 Å². The van der Waals surface area contributed by atoms with E-state index in [2.05, 4.69) is 4.74 Å². The lowest BCUT2D eigenvalue weighted by Crippen LogP contribution is -2.30. The van der Waals surface area contributed by atoms with Gasteiger partial charge in [0.1, 0.15) is 6.61 Å². The molecular formula is C10H18O3. The zero-order valence-corrected chi connectivity index (χ0v) is 9.01. The summed E-state index contributed by atoms with van der Waals surface area (Å²) in [5.74, 6) is 0.563. The van der Waals surface area contributed by atoms with Crippen molar-refractivity contribution in [3.05, 3.63) is 11.8 Å². The molecule has 0 aliphatic carbocycles. The van der Waals surface area contributed by atoms with Crippen molar-refractivity contribution in [1.29, 1.82) is 0 Å². The van der Waals surface area contributed by atoms with Crippen molar-refractivity contribution >= 4 is 5.97 Å². The molecule has 0 unspecified atom stereocenters. The fraction of sp³-hybridized carbons (Fsp3) is 0.700. The highest BCUT2D eigenvalue weighted by Gasteiger charge is 2.29. The van der Waals surface area contributed by atoms with Crippen LogP contribution in [-0.2, 0) is 14.3 Å². The molecule has 0 fully saturated rings. The van der Waals surface area contributed by atoms with Gasteiger partial charge in [0, 0.05) is 0 Å². The molecule has 0 aliphatic rings. The molecule has 0 amide bonds. The maximum Gasteiger partial charge on any atom is 0.314 e. The average Bonchev–Trinajstić information content (AvgIpc) is 2.12. The van der Waals surface area contributed by atoms with Crippen molar-refractivity contribution in [2.24, 2.45) is 5.41 Å². The molecule has 3 heteroatoms. The Hall–Kier alpha value is -0.990. The summed E-state index contributed by atoms with van der Waals surface area (Å²) >= 11 is 0. The van der Waals surface area contributed by atoms with Crippen LogP contribution in [0.25, 0.3) is 0 Å². The first-order valence-electron chi connectivity index (χ1n) is 4.28. The molecule has 0 aliphatic heterocycles. The number of ether oxygens (including phenoxy) is 2. The molecule has 0 heterocycles. The Morgan fingerprint density at radius 1 is 1.46 bits per heavy atom. The standard InChI is InChI=1S/C10H18O3/c1-6-8(2)13-7-10(3,4)9(11)12-5/h6H,7H2,1-5H3/b8-6+. The molecular weight excluding hydrogens is 168 g/mol. The topological polar surface area (TPSA) is 35.5 Å². The third-order valence-corrected chi connectivity index (χ3v) is 1.81. The first-order chi connectivity index (χ1) is 5.94. The van der Waals surface area contributed by atoms with Crippen LogP contribution in [0.4, 0.5) is 0 Å². The van der Waals surface area contributed by atoms with Crippen LogP contribution >= 0.6 is 0 Å². The molecule has 0 aromatic rings. The lowest BCUT2D eigenvalue weighted by atomic mass is 9.95. The number of rotatable bonds is 4. The number of hydrogen-bond donors (Lipinski definition) is 0. The predicted octanol–water partition coefficient (Wildman–Crippen LogP) is 2.13. The van der Waals surface area contributed by atoms with E-state index in [0.29, 0.717) is 6.61 Å². The van der Waals surface area contributed by atoms with Crippen LogP contribution in [0.15, 0.2) is 11.8 Å². The number of esters is 1. The largest absolute Gasteiger partial charge is 0.497 e. The second kappa shape index (κ2) is 4.90. The van der Waals surface area contributed by atoms with E-state index in [1.807, 2.05) is 19.9 Å². The van der Waals surface area contributed by atoms with Crippen molar-refractivity contribution in [2.45, 2.75) is 27.7 Å². The smallest absolute Gasteiger partial charge is 0.314 e. The van der Waals surface area contributed by atoms with Crippen molar-refractivity contribution in [2.75, 3.05) is 13.7 Å². The van der Waals surface area contributed by atoms with Crippen LogP contribution in [0.1, 0.15) is 27.7 Å². The molecule has 0 atom stereocenters. The van der Waals surface area contributed by atoms with Gasteiger partial charge in [0.25, 0.3) is 0 Å². The number of methoxy groups -OCH3 is 1. The van der Waals surface area contributed by atoms with E-state index >= 15 is 0 Å². The second-order valence-electron chi connectivity index (χ2n) is 3.56. The quantitative estimate of drug-likeness (QED) is 0.498. The summed E-state index contributed by atoms with van der Waals surface area (Å²) in [5, 5.41) is 0. The summed E-state index contributed by atoms with van der Waals surface area (Å²) in [6, 6.07) is 0. The Morgan fingerprint density at radius 3 is 2.38 bits per heavy atom. The lowest BCUT2D eigenvalue weighted by molar-refractivity contribution is -0.153. The summed E-state index contributed by atoms with van der Waals surface area (Å²) in [6.45, 7) is 7.67. The predicted molar refractivity (Wildman–Crippen MR) is 51.2 cm³/mol. The van der Waals surface area contributed by atoms with Crippen LogP contribution in [0.3, 0.4) is 0 Å². The van der Waals surface area contributed by atoms with Crippen LogP contribution in [0.2, 0.25) is 0 Å². The first-order valence-corrected chi connectivity index (χ1v) is 4.28. The molecule has 0 aromatic carbocycles. The highest BCUT2D eigenvalue weighted by atomic mass is 16.5. The zero-order chi connectivity index (χ0) is 10.5. The fourth-order valence-corrected chi connectivity index (χ4v) is 0.713. The minimum absolute atomic E-state index is 0.253. The Kier molecular flexibility index (Phi) is 4.52. The average molecular weight is 186 g/mol. The van der Waals surface area contributed by atoms with Gasteiger partial charge in [0.2, 0.25) is 0 Å². The van der Waals surface area contributed by atoms with Crippen LogP contribution in [0.5, 0.6) is 0 Å². The Bertz CT molecular complexity index is 204. The van der Waals surface area contributed by atoms with Gasteiger partial charge >= 0.3 is 5.97 Å². The zero-order valence-electron chi connectivity index (χ0n) is 9.01. The summed E-state index contributed by atoms with van der Waals surface area (Å²) in [7, 11) is 1.38. The molecule has 3 nitrogen and oxygen atoms in total. The molecule has 0 radical (unpaired) electrons. The Morgan fingerprint density at radius 2 is 2.00 bits per heavy atom. The number of carbonyl (C=O) groups is 1. The van der Waals surface area contributed by atoms with Gasteiger partial charge in [-0.2, -0.15) is 0 Å². The summed E-state index contributed by atoms with van der Waals surface area (Å²) in [5.41, 5.74) is -0.584. The minimum Gasteiger partial charge on any atom is -0.497 e. The van der Waals surface area contributed by atoms with Gasteiger partial charge in [0.05, 0.1) is 18.3 Å². The van der Waals surface area contributed by atoms with E-state index in [0.717, 1.165) is 5.76 Å². The lowest BCUT2D eigenvalue weighted by Gasteiger charge is -2.21. The van der Waals surface area contributed by atoms with Crippen LogP contribution in [0, 0.1) is 5.41 Å². The van der Waals surface area contributed by atoms with Crippen molar-refractivity contribution < 1.29 is 14.3 Å². The fourth-order valence-electron chi connectivity index (χ4n) is 0.713. The molecule has 0 rings (SSSR count). The monoisotopic (exact) mass is 186 g/mol. The Balaban J connectivity index is 4.11. The van der Waals surface area contributed by atoms with Gasteiger partial charge in [-0.15, -0.1) is 0 Å². The normalized spacial score (nSPS) is 12.5. The van der Waals surface area contributed by atoms with Gasteiger partial charge in [-0.25, -0.2) is 0 Å². The molecule has 0 bridgehead atoms. The molecule has 13 heavy (non-hydrogen) atoms. The molecule has 0 saturated carbocycles. The third-order valence-electron chi connectivity index (χ3n) is 1.81. The van der Waals surface area contributed by atoms with E-state index < -0.39 is 5.41 Å². The highest BCUT2D eigenvalue weighted by molar-refractivity contribution is 5.75. The van der Waals surface area contributed by atoms with Crippen LogP contribution in [-0.4, -0.2) is 19.7 Å². The second-order valence-corrected chi connectivity index (χ2v) is 3.56. The summed E-state index contributed by atoms with van der Waals surface area (Å²) in [6.07, 6.45) is 1.85. The first kappa shape index (κ1) is 12.0. The molecule has 0 N–H and O–H groups in total. The number of hydrogen-bond acceptors (Lipinski definition) is 3. The molecule has 76 valence electrons. The maximum atomic E-state index is 11.2. The number of carbonyl (C=O) groups excluding carboxylic acids is 1. The molecule has 0 spiro atoms. The molecule has 0 saturated heterocycles. The van der Waals surface area contributed by atoms with E-state index in [4.69, 9.17) is 4.74 Å². The van der Waals surface area contributed by atoms with Crippen molar-refractivity contribution in [3.63, 3.8) is 0 Å². The van der Waals surface area contributed by atoms with E-state index in [9.17, 15) is 4.79 Å². The van der Waals surface area contributed by atoms with Gasteiger partial charge in [-0.1, -0.05) is 6.08 Å². The van der Waals surface area contributed by atoms with E-state index in [1.165, 1.54) is 7.11 Å². The van der Waals surface area contributed by atoms with Gasteiger partial charge < -0.3 is 9.47 Å². The van der Waals surface area contributed by atoms with Crippen molar-refractivity contribution in [1.82, 2.24) is 0 Å². The van der Waals surface area contributed by atoms with Crippen LogP contribution < -0.4 is 0 Å². The third kappa shape index (κ3) is 3.97. The SMILES string of the molecule is C/C=C(\C)OCC(C)(C)C(=O)OC. The van der Waals surface area contributed by atoms with E-state index in [1.54, 1.807) is 13.8 Å². The highest BCUT2D eigenvalue weighted by Crippen LogP contribution is 2.18. The number of allylic oxidation sites excluding steroid dienone is 2. The van der Waals surface area contributed by atoms with E-state index in [-0.39, 0.29) is 5.97 Å². The van der Waals surface area contributed by atoms with Crippen molar-refractivity contribution in [3.8, 4) is 0 Å². The summed E-state index contributed by atoms with van der Waals surface area (Å²) in [4.78, 5) is 11.2. The maximum absolute atomic E-state index is 11.2. The van der Waals surface area contributed by atoms with Gasteiger partial charge in [0.15, 0.2) is 0 Å². The van der Waals surface area contributed by atoms with Gasteiger partial charge in [-0.3, -0.25) is 4.79 Å². The minimum atomic E-state index is -0.584. The summed E-state index contributed by atoms with van der Waals surface area (Å²) < 4.78 is 9.98. The van der Waals surface area contributed by atoms with Gasteiger partial charge in [-0.05, 0) is 27.7 Å². The molecule has 0 aromatic heterocycles.